The van der Waals surface area contributed by atoms with Gasteiger partial charge >= 0.3 is 0 Å². The Morgan fingerprint density at radius 2 is 1.71 bits per heavy atom. The van der Waals surface area contributed by atoms with Crippen molar-refractivity contribution in [3.05, 3.63) is 29.8 Å². The fourth-order valence-corrected chi connectivity index (χ4v) is 4.37. The summed E-state index contributed by atoms with van der Waals surface area (Å²) in [4.78, 5) is 7.85. The molecule has 2 aliphatic heterocycles. The van der Waals surface area contributed by atoms with Gasteiger partial charge in [0.15, 0.2) is 0 Å². The fourth-order valence-electron chi connectivity index (χ4n) is 4.37. The Hall–Kier alpha value is -1.06. The lowest BCUT2D eigenvalue weighted by atomic mass is 10.0. The van der Waals surface area contributed by atoms with Crippen LogP contribution in [0.4, 0.5) is 5.69 Å². The minimum absolute atomic E-state index is 0.703. The molecule has 3 nitrogen and oxygen atoms in total. The second-order valence-corrected chi connectivity index (χ2v) is 8.24. The summed E-state index contributed by atoms with van der Waals surface area (Å²) in [7, 11) is 2.35. The number of hydrogen-bond donors (Lipinski definition) is 0. The Bertz CT molecular complexity index is 502. The molecule has 2 heterocycles. The first-order chi connectivity index (χ1) is 11.5. The van der Waals surface area contributed by atoms with E-state index in [2.05, 4.69) is 66.8 Å². The van der Waals surface area contributed by atoms with Crippen LogP contribution in [-0.2, 0) is 0 Å². The summed E-state index contributed by atoms with van der Waals surface area (Å²) in [6.45, 7) is 13.0. The second-order valence-electron chi connectivity index (χ2n) is 8.24. The number of anilines is 1. The van der Waals surface area contributed by atoms with E-state index in [1.165, 1.54) is 63.2 Å². The molecule has 3 heteroatoms. The Morgan fingerprint density at radius 3 is 2.33 bits per heavy atom. The minimum Gasteiger partial charge on any atom is -0.371 e. The standard InChI is InChI=1S/C21H35N3/c1-17(2)23-13-10-20(11-14-23)22(4)15-19-9-12-24(16-19)21-7-5-18(3)6-8-21/h5-8,17,19-20H,9-16H2,1-4H3. The normalized spacial score (nSPS) is 23.6. The molecular weight excluding hydrogens is 294 g/mol. The van der Waals surface area contributed by atoms with E-state index in [0.717, 1.165) is 12.0 Å². The molecule has 3 rings (SSSR count). The van der Waals surface area contributed by atoms with Crippen LogP contribution in [0.2, 0.25) is 0 Å². The van der Waals surface area contributed by atoms with Crippen LogP contribution < -0.4 is 4.90 Å². The molecule has 0 bridgehead atoms. The van der Waals surface area contributed by atoms with E-state index in [0.29, 0.717) is 6.04 Å². The van der Waals surface area contributed by atoms with E-state index < -0.39 is 0 Å². The lowest BCUT2D eigenvalue weighted by Gasteiger charge is -2.39. The Labute approximate surface area is 148 Å². The summed E-state index contributed by atoms with van der Waals surface area (Å²) in [6.07, 6.45) is 4.01. The number of benzene rings is 1. The van der Waals surface area contributed by atoms with Crippen LogP contribution in [0.1, 0.15) is 38.7 Å². The van der Waals surface area contributed by atoms with Gasteiger partial charge in [0, 0.05) is 37.4 Å². The van der Waals surface area contributed by atoms with Gasteiger partial charge in [0.2, 0.25) is 0 Å². The number of piperidine rings is 1. The zero-order valence-corrected chi connectivity index (χ0v) is 16.0. The Kier molecular flexibility index (Phi) is 5.83. The molecule has 1 atom stereocenters. The molecule has 0 spiro atoms. The highest BCUT2D eigenvalue weighted by atomic mass is 15.2. The Morgan fingerprint density at radius 1 is 1.04 bits per heavy atom. The third kappa shape index (κ3) is 4.31. The van der Waals surface area contributed by atoms with Crippen molar-refractivity contribution in [3.63, 3.8) is 0 Å². The molecule has 0 radical (unpaired) electrons. The molecule has 1 unspecified atom stereocenters. The van der Waals surface area contributed by atoms with Gasteiger partial charge in [0.1, 0.15) is 0 Å². The van der Waals surface area contributed by atoms with Gasteiger partial charge in [0.05, 0.1) is 0 Å². The predicted octanol–water partition coefficient (Wildman–Crippen LogP) is 3.63. The van der Waals surface area contributed by atoms with Crippen molar-refractivity contribution in [3.8, 4) is 0 Å². The maximum absolute atomic E-state index is 2.65. The van der Waals surface area contributed by atoms with Gasteiger partial charge in [-0.15, -0.1) is 0 Å². The van der Waals surface area contributed by atoms with Gasteiger partial charge < -0.3 is 14.7 Å². The highest BCUT2D eigenvalue weighted by Gasteiger charge is 2.28. The van der Waals surface area contributed by atoms with Crippen LogP contribution in [0.3, 0.4) is 0 Å². The van der Waals surface area contributed by atoms with Crippen molar-refractivity contribution >= 4 is 5.69 Å². The van der Waals surface area contributed by atoms with E-state index in [4.69, 9.17) is 0 Å². The molecule has 24 heavy (non-hydrogen) atoms. The summed E-state index contributed by atoms with van der Waals surface area (Å²) in [5.74, 6) is 0.819. The summed E-state index contributed by atoms with van der Waals surface area (Å²) < 4.78 is 0. The zero-order valence-electron chi connectivity index (χ0n) is 16.0. The zero-order chi connectivity index (χ0) is 17.1. The average molecular weight is 330 g/mol. The van der Waals surface area contributed by atoms with Gasteiger partial charge in [-0.25, -0.2) is 0 Å². The van der Waals surface area contributed by atoms with Crippen LogP contribution in [0.25, 0.3) is 0 Å². The van der Waals surface area contributed by atoms with E-state index >= 15 is 0 Å². The Balaban J connectivity index is 1.46. The highest BCUT2D eigenvalue weighted by Crippen LogP contribution is 2.26. The van der Waals surface area contributed by atoms with Gasteiger partial charge in [-0.3, -0.25) is 0 Å². The minimum atomic E-state index is 0.703. The topological polar surface area (TPSA) is 9.72 Å². The molecule has 2 aliphatic rings. The van der Waals surface area contributed by atoms with Crippen molar-refractivity contribution in [1.82, 2.24) is 9.80 Å². The molecule has 0 amide bonds. The predicted molar refractivity (Wildman–Crippen MR) is 104 cm³/mol. The van der Waals surface area contributed by atoms with Gasteiger partial charge in [-0.1, -0.05) is 17.7 Å². The smallest absolute Gasteiger partial charge is 0.0366 e. The number of likely N-dealkylation sites (tertiary alicyclic amines) is 1. The van der Waals surface area contributed by atoms with Crippen LogP contribution in [0.5, 0.6) is 0 Å². The summed E-state index contributed by atoms with van der Waals surface area (Å²) in [6, 6.07) is 10.5. The second kappa shape index (κ2) is 7.88. The maximum atomic E-state index is 2.65. The van der Waals surface area contributed by atoms with E-state index in [-0.39, 0.29) is 0 Å². The first kappa shape index (κ1) is 17.8. The van der Waals surface area contributed by atoms with E-state index in [1.54, 1.807) is 0 Å². The number of aryl methyl sites for hydroxylation is 1. The summed E-state index contributed by atoms with van der Waals surface area (Å²) in [5, 5.41) is 0. The van der Waals surface area contributed by atoms with Gasteiger partial charge in [-0.2, -0.15) is 0 Å². The molecule has 1 aromatic rings. The molecule has 0 N–H and O–H groups in total. The molecule has 0 aliphatic carbocycles. The summed E-state index contributed by atoms with van der Waals surface area (Å²) in [5.41, 5.74) is 2.75. The summed E-state index contributed by atoms with van der Waals surface area (Å²) >= 11 is 0. The van der Waals surface area contributed by atoms with E-state index in [9.17, 15) is 0 Å². The SMILES string of the molecule is Cc1ccc(N2CCC(CN(C)C3CCN(C(C)C)CC3)C2)cc1. The van der Waals surface area contributed by atoms with Crippen LogP contribution in [0.15, 0.2) is 24.3 Å². The average Bonchev–Trinajstić information content (AvgIpc) is 3.04. The quantitative estimate of drug-likeness (QED) is 0.817. The first-order valence-corrected chi connectivity index (χ1v) is 9.79. The molecule has 134 valence electrons. The monoisotopic (exact) mass is 329 g/mol. The lowest BCUT2D eigenvalue weighted by molar-refractivity contribution is 0.100. The van der Waals surface area contributed by atoms with Crippen LogP contribution >= 0.6 is 0 Å². The third-order valence-corrected chi connectivity index (χ3v) is 6.08. The molecule has 1 aromatic carbocycles. The van der Waals surface area contributed by atoms with Crippen molar-refractivity contribution in [2.45, 2.75) is 52.1 Å². The highest BCUT2D eigenvalue weighted by molar-refractivity contribution is 5.48. The van der Waals surface area contributed by atoms with E-state index in [1.807, 2.05) is 0 Å². The molecule has 2 saturated heterocycles. The van der Waals surface area contributed by atoms with Crippen molar-refractivity contribution in [2.75, 3.05) is 44.7 Å². The van der Waals surface area contributed by atoms with Crippen molar-refractivity contribution < 1.29 is 0 Å². The first-order valence-electron chi connectivity index (χ1n) is 9.79. The number of hydrogen-bond acceptors (Lipinski definition) is 3. The maximum Gasteiger partial charge on any atom is 0.0366 e. The van der Waals surface area contributed by atoms with Crippen molar-refractivity contribution in [1.29, 1.82) is 0 Å². The molecule has 0 aromatic heterocycles. The third-order valence-electron chi connectivity index (χ3n) is 6.08. The van der Waals surface area contributed by atoms with Crippen molar-refractivity contribution in [2.24, 2.45) is 5.92 Å². The largest absolute Gasteiger partial charge is 0.371 e. The number of nitrogens with zero attached hydrogens (tertiary/aromatic N) is 3. The molecule has 0 saturated carbocycles. The fraction of sp³-hybridized carbons (Fsp3) is 0.714. The molecule has 2 fully saturated rings. The number of rotatable bonds is 5. The van der Waals surface area contributed by atoms with Crippen LogP contribution in [-0.4, -0.2) is 61.7 Å². The lowest BCUT2D eigenvalue weighted by Crippen LogP contribution is -2.46. The van der Waals surface area contributed by atoms with Gasteiger partial charge in [-0.05, 0) is 78.2 Å². The van der Waals surface area contributed by atoms with Crippen LogP contribution in [0, 0.1) is 12.8 Å². The molecular formula is C21H35N3. The van der Waals surface area contributed by atoms with Gasteiger partial charge in [0.25, 0.3) is 0 Å².